The predicted octanol–water partition coefficient (Wildman–Crippen LogP) is 1.08. The Labute approximate surface area is 151 Å². The van der Waals surface area contributed by atoms with E-state index >= 15 is 0 Å². The fourth-order valence-electron chi connectivity index (χ4n) is 2.35. The van der Waals surface area contributed by atoms with Gasteiger partial charge in [0, 0.05) is 19.3 Å². The summed E-state index contributed by atoms with van der Waals surface area (Å²) in [6, 6.07) is 5.55. The smallest absolute Gasteiger partial charge is 0.328 e. The normalized spacial score (nSPS) is 13.7. The number of nitriles is 1. The van der Waals surface area contributed by atoms with Gasteiger partial charge in [-0.2, -0.15) is 5.26 Å². The summed E-state index contributed by atoms with van der Waals surface area (Å²) in [6.07, 6.45) is 0.200. The third-order valence-electron chi connectivity index (χ3n) is 3.66. The number of amides is 2. The first-order valence-corrected chi connectivity index (χ1v) is 8.06. The Morgan fingerprint density at radius 3 is 2.31 bits per heavy atom. The first-order chi connectivity index (χ1) is 12.3. The zero-order valence-electron chi connectivity index (χ0n) is 14.9. The van der Waals surface area contributed by atoms with Crippen molar-refractivity contribution in [3.63, 3.8) is 0 Å². The molecule has 0 aliphatic heterocycles. The van der Waals surface area contributed by atoms with Crippen LogP contribution >= 0.6 is 0 Å². The van der Waals surface area contributed by atoms with Crippen molar-refractivity contribution >= 4 is 17.8 Å². The molecule has 0 aromatic heterocycles. The molecule has 1 aromatic rings. The third-order valence-corrected chi connectivity index (χ3v) is 3.66. The Morgan fingerprint density at radius 2 is 1.81 bits per heavy atom. The van der Waals surface area contributed by atoms with Gasteiger partial charge >= 0.3 is 5.97 Å². The molecule has 0 saturated heterocycles. The lowest BCUT2D eigenvalue weighted by atomic mass is 10.0. The highest BCUT2D eigenvalue weighted by molar-refractivity contribution is 5.90. The number of hydrogen-bond donors (Lipinski definition) is 2. The van der Waals surface area contributed by atoms with E-state index in [1.165, 1.54) is 38.3 Å². The number of nitrogens with zero attached hydrogens (tertiary/aromatic N) is 1. The number of hydrogen-bond acceptors (Lipinski definition) is 5. The van der Waals surface area contributed by atoms with Crippen molar-refractivity contribution in [2.45, 2.75) is 38.8 Å². The summed E-state index contributed by atoms with van der Waals surface area (Å²) in [7, 11) is 1.18. The molecule has 140 valence electrons. The summed E-state index contributed by atoms with van der Waals surface area (Å²) >= 11 is 0. The second-order valence-electron chi connectivity index (χ2n) is 5.93. The van der Waals surface area contributed by atoms with Gasteiger partial charge in [0.2, 0.25) is 11.8 Å². The van der Waals surface area contributed by atoms with Gasteiger partial charge in [-0.1, -0.05) is 12.1 Å². The molecule has 0 radical (unpaired) electrons. The highest BCUT2D eigenvalue weighted by atomic mass is 19.1. The third kappa shape index (κ3) is 6.89. The molecule has 0 aliphatic carbocycles. The van der Waals surface area contributed by atoms with Crippen LogP contribution in [0, 0.1) is 23.1 Å². The van der Waals surface area contributed by atoms with Gasteiger partial charge in [0.25, 0.3) is 0 Å². The average molecular weight is 363 g/mol. The second kappa shape index (κ2) is 10.1. The SMILES string of the molecule is COC(=O)[C@@H](C[C@@H](C)C#N)NC(=O)[C@H](Cc1ccc(F)cc1)NC(C)=O. The molecular formula is C18H22FN3O4. The number of carbonyl (C=O) groups is 3. The Morgan fingerprint density at radius 1 is 1.19 bits per heavy atom. The van der Waals surface area contributed by atoms with Crippen LogP contribution < -0.4 is 10.6 Å². The minimum atomic E-state index is -1.01. The Bertz CT molecular complexity index is 685. The maximum absolute atomic E-state index is 13.0. The topological polar surface area (TPSA) is 108 Å². The molecule has 3 atom stereocenters. The number of ether oxygens (including phenoxy) is 1. The van der Waals surface area contributed by atoms with Crippen molar-refractivity contribution < 1.29 is 23.5 Å². The molecule has 2 amide bonds. The van der Waals surface area contributed by atoms with Crippen LogP contribution in [0.25, 0.3) is 0 Å². The van der Waals surface area contributed by atoms with E-state index in [-0.39, 0.29) is 12.8 Å². The van der Waals surface area contributed by atoms with Gasteiger partial charge in [0.15, 0.2) is 0 Å². The number of benzene rings is 1. The zero-order chi connectivity index (χ0) is 19.7. The van der Waals surface area contributed by atoms with E-state index in [0.717, 1.165) is 0 Å². The molecule has 1 aromatic carbocycles. The minimum absolute atomic E-state index is 0.0816. The molecule has 2 N–H and O–H groups in total. The highest BCUT2D eigenvalue weighted by Crippen LogP contribution is 2.09. The minimum Gasteiger partial charge on any atom is -0.467 e. The van der Waals surface area contributed by atoms with E-state index in [1.807, 2.05) is 6.07 Å². The van der Waals surface area contributed by atoms with Crippen LogP contribution in [-0.4, -0.2) is 37.0 Å². The molecule has 0 bridgehead atoms. The number of carbonyl (C=O) groups excluding carboxylic acids is 3. The fraction of sp³-hybridized carbons (Fsp3) is 0.444. The zero-order valence-corrected chi connectivity index (χ0v) is 14.9. The summed E-state index contributed by atoms with van der Waals surface area (Å²) in [5, 5.41) is 13.9. The molecule has 0 aliphatic rings. The summed E-state index contributed by atoms with van der Waals surface area (Å²) in [4.78, 5) is 35.8. The van der Waals surface area contributed by atoms with Crippen LogP contribution in [0.2, 0.25) is 0 Å². The summed E-state index contributed by atoms with van der Waals surface area (Å²) in [6.45, 7) is 2.88. The van der Waals surface area contributed by atoms with Gasteiger partial charge < -0.3 is 15.4 Å². The monoisotopic (exact) mass is 363 g/mol. The molecule has 0 saturated carbocycles. The molecule has 0 heterocycles. The van der Waals surface area contributed by atoms with Crippen LogP contribution in [0.15, 0.2) is 24.3 Å². The van der Waals surface area contributed by atoms with E-state index in [0.29, 0.717) is 5.56 Å². The Balaban J connectivity index is 2.91. The first kappa shape index (κ1) is 21.1. The van der Waals surface area contributed by atoms with Crippen molar-refractivity contribution in [1.82, 2.24) is 10.6 Å². The highest BCUT2D eigenvalue weighted by Gasteiger charge is 2.28. The molecule has 0 fully saturated rings. The predicted molar refractivity (Wildman–Crippen MR) is 91.0 cm³/mol. The molecule has 7 nitrogen and oxygen atoms in total. The average Bonchev–Trinajstić information content (AvgIpc) is 2.61. The Kier molecular flexibility index (Phi) is 8.22. The fourth-order valence-corrected chi connectivity index (χ4v) is 2.35. The standard InChI is InChI=1S/C18H22FN3O4/c1-11(10-20)8-16(18(25)26-3)22-17(24)15(21-12(2)23)9-13-4-6-14(19)7-5-13/h4-7,11,15-16H,8-9H2,1-3H3,(H,21,23)(H,22,24)/t11-,15+,16-/m1/s1. The lowest BCUT2D eigenvalue weighted by Crippen LogP contribution is -2.52. The van der Waals surface area contributed by atoms with Crippen molar-refractivity contribution in [3.05, 3.63) is 35.6 Å². The van der Waals surface area contributed by atoms with Gasteiger partial charge in [-0.3, -0.25) is 9.59 Å². The van der Waals surface area contributed by atoms with Gasteiger partial charge in [-0.25, -0.2) is 9.18 Å². The van der Waals surface area contributed by atoms with Crippen LogP contribution in [-0.2, 0) is 25.5 Å². The second-order valence-corrected chi connectivity index (χ2v) is 5.93. The van der Waals surface area contributed by atoms with Crippen molar-refractivity contribution in [1.29, 1.82) is 5.26 Å². The molecule has 8 heteroatoms. The van der Waals surface area contributed by atoms with Gasteiger partial charge in [-0.05, 0) is 31.0 Å². The molecule has 26 heavy (non-hydrogen) atoms. The van der Waals surface area contributed by atoms with Crippen LogP contribution in [0.4, 0.5) is 4.39 Å². The molecule has 0 spiro atoms. The van der Waals surface area contributed by atoms with E-state index in [2.05, 4.69) is 15.4 Å². The van der Waals surface area contributed by atoms with Crippen LogP contribution in [0.3, 0.4) is 0 Å². The number of methoxy groups -OCH3 is 1. The maximum Gasteiger partial charge on any atom is 0.328 e. The lowest BCUT2D eigenvalue weighted by molar-refractivity contribution is -0.145. The number of rotatable bonds is 8. The molecule has 0 unspecified atom stereocenters. The summed E-state index contributed by atoms with van der Waals surface area (Å²) in [5.74, 6) is -2.58. The number of nitrogens with one attached hydrogen (secondary N) is 2. The number of esters is 1. The van der Waals surface area contributed by atoms with E-state index in [4.69, 9.17) is 5.26 Å². The van der Waals surface area contributed by atoms with Crippen LogP contribution in [0.5, 0.6) is 0 Å². The molecular weight excluding hydrogens is 341 g/mol. The van der Waals surface area contributed by atoms with Crippen molar-refractivity contribution in [2.24, 2.45) is 5.92 Å². The van der Waals surface area contributed by atoms with Crippen molar-refractivity contribution in [2.75, 3.05) is 7.11 Å². The largest absolute Gasteiger partial charge is 0.467 e. The number of halogens is 1. The van der Waals surface area contributed by atoms with Gasteiger partial charge in [0.05, 0.1) is 13.2 Å². The first-order valence-electron chi connectivity index (χ1n) is 8.06. The van der Waals surface area contributed by atoms with E-state index in [1.54, 1.807) is 6.92 Å². The molecule has 1 rings (SSSR count). The lowest BCUT2D eigenvalue weighted by Gasteiger charge is -2.22. The van der Waals surface area contributed by atoms with E-state index < -0.39 is 41.6 Å². The Hall–Kier alpha value is -2.95. The quantitative estimate of drug-likeness (QED) is 0.672. The summed E-state index contributed by atoms with van der Waals surface area (Å²) in [5.41, 5.74) is 0.639. The van der Waals surface area contributed by atoms with Gasteiger partial charge in [-0.15, -0.1) is 0 Å². The maximum atomic E-state index is 13.0. The van der Waals surface area contributed by atoms with Gasteiger partial charge in [0.1, 0.15) is 17.9 Å². The van der Waals surface area contributed by atoms with Crippen LogP contribution in [0.1, 0.15) is 25.8 Å². The van der Waals surface area contributed by atoms with E-state index in [9.17, 15) is 18.8 Å². The van der Waals surface area contributed by atoms with Crippen molar-refractivity contribution in [3.8, 4) is 6.07 Å². The summed E-state index contributed by atoms with van der Waals surface area (Å²) < 4.78 is 17.7.